The monoisotopic (exact) mass is 257 g/mol. The lowest BCUT2D eigenvalue weighted by Crippen LogP contribution is -2.31. The third-order valence-electron chi connectivity index (χ3n) is 2.58. The van der Waals surface area contributed by atoms with Crippen molar-refractivity contribution in [1.29, 1.82) is 0 Å². The fourth-order valence-corrected chi connectivity index (χ4v) is 3.03. The lowest BCUT2D eigenvalue weighted by Gasteiger charge is -2.29. The van der Waals surface area contributed by atoms with Crippen molar-refractivity contribution in [3.05, 3.63) is 34.9 Å². The fourth-order valence-electron chi connectivity index (χ4n) is 1.48. The van der Waals surface area contributed by atoms with E-state index in [9.17, 15) is 0 Å². The Kier molecular flexibility index (Phi) is 5.16. The van der Waals surface area contributed by atoms with Crippen LogP contribution in [0.25, 0.3) is 0 Å². The Morgan fingerprint density at radius 3 is 2.44 bits per heavy atom. The third-order valence-corrected chi connectivity index (χ3v) is 4.73. The molecule has 16 heavy (non-hydrogen) atoms. The maximum absolute atomic E-state index is 6.12. The Balaban J connectivity index is 2.60. The van der Waals surface area contributed by atoms with Crippen molar-refractivity contribution >= 4 is 23.4 Å². The average Bonchev–Trinajstić information content (AvgIpc) is 2.19. The number of hydrogen-bond acceptors (Lipinski definition) is 2. The van der Waals surface area contributed by atoms with E-state index >= 15 is 0 Å². The number of halogens is 1. The van der Waals surface area contributed by atoms with E-state index in [1.165, 1.54) is 5.56 Å². The zero-order valence-corrected chi connectivity index (χ0v) is 11.7. The summed E-state index contributed by atoms with van der Waals surface area (Å²) in [5, 5.41) is 1.31. The first-order valence-corrected chi connectivity index (χ1v) is 6.93. The third kappa shape index (κ3) is 4.00. The Bertz CT molecular complexity index is 333. The average molecular weight is 258 g/mol. The van der Waals surface area contributed by atoms with E-state index < -0.39 is 0 Å². The Morgan fingerprint density at radius 1 is 1.31 bits per heavy atom. The minimum absolute atomic E-state index is 0.237. The smallest absolute Gasteiger partial charge is 0.0446 e. The van der Waals surface area contributed by atoms with Crippen LogP contribution in [0.1, 0.15) is 26.3 Å². The largest absolute Gasteiger partial charge is 0.329 e. The van der Waals surface area contributed by atoms with Gasteiger partial charge in [0.25, 0.3) is 0 Å². The lowest BCUT2D eigenvalue weighted by molar-refractivity contribution is 0.398. The summed E-state index contributed by atoms with van der Waals surface area (Å²) in [4.78, 5) is 0. The Morgan fingerprint density at radius 2 is 1.94 bits per heavy atom. The van der Waals surface area contributed by atoms with Gasteiger partial charge in [-0.05, 0) is 17.0 Å². The molecule has 0 aliphatic heterocycles. The van der Waals surface area contributed by atoms with Crippen LogP contribution in [-0.2, 0) is 5.75 Å². The number of nitrogens with two attached hydrogens (primary N) is 1. The topological polar surface area (TPSA) is 26.0 Å². The highest BCUT2D eigenvalue weighted by Crippen LogP contribution is 2.32. The summed E-state index contributed by atoms with van der Waals surface area (Å²) in [7, 11) is 0. The van der Waals surface area contributed by atoms with E-state index in [0.717, 1.165) is 10.8 Å². The molecule has 1 aromatic carbocycles. The SMILES string of the molecule is CC(C)(C)C(CN)SCc1ccccc1Cl. The molecule has 1 aromatic rings. The molecule has 0 aliphatic carbocycles. The first-order chi connectivity index (χ1) is 7.45. The Hall–Kier alpha value is -0.180. The molecule has 0 bridgehead atoms. The molecule has 0 saturated heterocycles. The van der Waals surface area contributed by atoms with E-state index in [0.29, 0.717) is 11.8 Å². The standard InChI is InChI=1S/C13H20ClNS/c1-13(2,3)12(8-15)16-9-10-6-4-5-7-11(10)14/h4-7,12H,8-9,15H2,1-3H3. The van der Waals surface area contributed by atoms with Gasteiger partial charge in [-0.1, -0.05) is 50.6 Å². The maximum atomic E-state index is 6.12. The van der Waals surface area contributed by atoms with E-state index in [1.807, 2.05) is 30.0 Å². The first kappa shape index (κ1) is 13.9. The predicted molar refractivity (Wildman–Crippen MR) is 75.0 cm³/mol. The lowest BCUT2D eigenvalue weighted by atomic mass is 9.92. The molecule has 0 aromatic heterocycles. The van der Waals surface area contributed by atoms with Crippen LogP contribution in [0.2, 0.25) is 5.02 Å². The molecule has 1 nitrogen and oxygen atoms in total. The van der Waals surface area contributed by atoms with Gasteiger partial charge in [0.05, 0.1) is 0 Å². The summed E-state index contributed by atoms with van der Waals surface area (Å²) in [6, 6.07) is 7.99. The molecule has 0 amide bonds. The van der Waals surface area contributed by atoms with Gasteiger partial charge in [0, 0.05) is 22.6 Å². The highest BCUT2D eigenvalue weighted by Gasteiger charge is 2.23. The normalized spacial score (nSPS) is 13.8. The van der Waals surface area contributed by atoms with E-state index in [-0.39, 0.29) is 5.41 Å². The van der Waals surface area contributed by atoms with E-state index in [1.54, 1.807) is 0 Å². The second-order valence-electron chi connectivity index (χ2n) is 4.99. The zero-order chi connectivity index (χ0) is 12.2. The molecule has 0 aliphatic rings. The van der Waals surface area contributed by atoms with Crippen molar-refractivity contribution in [1.82, 2.24) is 0 Å². The predicted octanol–water partition coefficient (Wildman–Crippen LogP) is 3.95. The van der Waals surface area contributed by atoms with E-state index in [4.69, 9.17) is 17.3 Å². The number of thioether (sulfide) groups is 1. The van der Waals surface area contributed by atoms with Gasteiger partial charge in [-0.2, -0.15) is 11.8 Å². The minimum atomic E-state index is 0.237. The molecule has 1 atom stereocenters. The summed E-state index contributed by atoms with van der Waals surface area (Å²) in [5.41, 5.74) is 7.24. The van der Waals surface area contributed by atoms with E-state index in [2.05, 4.69) is 26.8 Å². The van der Waals surface area contributed by atoms with Gasteiger partial charge in [0.1, 0.15) is 0 Å². The maximum Gasteiger partial charge on any atom is 0.0446 e. The minimum Gasteiger partial charge on any atom is -0.329 e. The summed E-state index contributed by atoms with van der Waals surface area (Å²) in [6.45, 7) is 7.39. The molecule has 0 fully saturated rings. The van der Waals surface area contributed by atoms with Crippen molar-refractivity contribution in [2.24, 2.45) is 11.1 Å². The van der Waals surface area contributed by atoms with Gasteiger partial charge >= 0.3 is 0 Å². The van der Waals surface area contributed by atoms with Gasteiger partial charge in [0.15, 0.2) is 0 Å². The van der Waals surface area contributed by atoms with Gasteiger partial charge in [0.2, 0.25) is 0 Å². The van der Waals surface area contributed by atoms with Crippen molar-refractivity contribution in [2.45, 2.75) is 31.8 Å². The Labute approximate surface area is 108 Å². The quantitative estimate of drug-likeness (QED) is 0.884. The summed E-state index contributed by atoms with van der Waals surface area (Å²) in [6.07, 6.45) is 0. The summed E-state index contributed by atoms with van der Waals surface area (Å²) in [5.74, 6) is 0.929. The second kappa shape index (κ2) is 5.95. The van der Waals surface area contributed by atoms with Crippen molar-refractivity contribution in [3.8, 4) is 0 Å². The number of rotatable bonds is 4. The molecule has 0 spiro atoms. The summed E-state index contributed by atoms with van der Waals surface area (Å²) < 4.78 is 0. The molecule has 1 unspecified atom stereocenters. The molecular weight excluding hydrogens is 238 g/mol. The molecule has 90 valence electrons. The molecule has 0 radical (unpaired) electrons. The van der Waals surface area contributed by atoms with Crippen LogP contribution in [0.4, 0.5) is 0 Å². The van der Waals surface area contributed by atoms with Crippen LogP contribution in [-0.4, -0.2) is 11.8 Å². The first-order valence-electron chi connectivity index (χ1n) is 5.50. The molecule has 3 heteroatoms. The molecule has 2 N–H and O–H groups in total. The van der Waals surface area contributed by atoms with Crippen molar-refractivity contribution < 1.29 is 0 Å². The van der Waals surface area contributed by atoms with Crippen LogP contribution in [0.3, 0.4) is 0 Å². The van der Waals surface area contributed by atoms with Gasteiger partial charge in [-0.15, -0.1) is 0 Å². The van der Waals surface area contributed by atoms with Gasteiger partial charge < -0.3 is 5.73 Å². The second-order valence-corrected chi connectivity index (χ2v) is 6.59. The fraction of sp³-hybridized carbons (Fsp3) is 0.538. The van der Waals surface area contributed by atoms with Gasteiger partial charge in [-0.25, -0.2) is 0 Å². The molecule has 0 heterocycles. The number of benzene rings is 1. The van der Waals surface area contributed by atoms with Crippen LogP contribution < -0.4 is 5.73 Å². The van der Waals surface area contributed by atoms with Crippen LogP contribution in [0.15, 0.2) is 24.3 Å². The van der Waals surface area contributed by atoms with Crippen LogP contribution in [0, 0.1) is 5.41 Å². The number of hydrogen-bond donors (Lipinski definition) is 1. The molecule has 0 saturated carbocycles. The van der Waals surface area contributed by atoms with Crippen LogP contribution in [0.5, 0.6) is 0 Å². The highest BCUT2D eigenvalue weighted by atomic mass is 35.5. The van der Waals surface area contributed by atoms with Crippen molar-refractivity contribution in [2.75, 3.05) is 6.54 Å². The molecule has 1 rings (SSSR count). The van der Waals surface area contributed by atoms with Crippen molar-refractivity contribution in [3.63, 3.8) is 0 Å². The van der Waals surface area contributed by atoms with Crippen LogP contribution >= 0.6 is 23.4 Å². The zero-order valence-electron chi connectivity index (χ0n) is 10.2. The van der Waals surface area contributed by atoms with Gasteiger partial charge in [-0.3, -0.25) is 0 Å². The molecular formula is C13H20ClNS. The highest BCUT2D eigenvalue weighted by molar-refractivity contribution is 7.99. The summed E-state index contributed by atoms with van der Waals surface area (Å²) >= 11 is 8.01.